The summed E-state index contributed by atoms with van der Waals surface area (Å²) in [5.74, 6) is 2.50. The van der Waals surface area contributed by atoms with Crippen LogP contribution in [0.1, 0.15) is 11.6 Å². The third-order valence-corrected chi connectivity index (χ3v) is 2.11. The molecular formula is C4H4N8S-2. The highest BCUT2D eigenvalue weighted by Crippen LogP contribution is 2.10. The molecule has 8 nitrogen and oxygen atoms in total. The van der Waals surface area contributed by atoms with Crippen molar-refractivity contribution in [3.8, 4) is 0 Å². The molecule has 0 amide bonds. The lowest BCUT2D eigenvalue weighted by atomic mass is 10.7. The van der Waals surface area contributed by atoms with E-state index < -0.39 is 0 Å². The third kappa shape index (κ3) is 2.21. The molecule has 0 saturated carbocycles. The molecule has 0 bridgehead atoms. The van der Waals surface area contributed by atoms with Crippen LogP contribution < -0.4 is 10.2 Å². The largest absolute Gasteiger partial charge is 0.335 e. The molecule has 2 rings (SSSR count). The van der Waals surface area contributed by atoms with Gasteiger partial charge in [-0.3, -0.25) is 20.6 Å². The second kappa shape index (κ2) is 3.94. The van der Waals surface area contributed by atoms with Gasteiger partial charge in [0.2, 0.25) is 0 Å². The Morgan fingerprint density at radius 3 is 1.85 bits per heavy atom. The van der Waals surface area contributed by atoms with Gasteiger partial charge in [0.1, 0.15) is 0 Å². The number of aromatic nitrogens is 8. The fraction of sp³-hybridized carbons (Fsp3) is 0.500. The quantitative estimate of drug-likeness (QED) is 0.571. The highest BCUT2D eigenvalue weighted by Gasteiger charge is 1.91. The van der Waals surface area contributed by atoms with Crippen LogP contribution in [-0.4, -0.2) is 31.1 Å². The van der Waals surface area contributed by atoms with Crippen molar-refractivity contribution in [1.29, 1.82) is 0 Å². The average Bonchev–Trinajstić information content (AvgIpc) is 2.75. The third-order valence-electron chi connectivity index (χ3n) is 1.18. The van der Waals surface area contributed by atoms with E-state index >= 15 is 0 Å². The minimum Gasteiger partial charge on any atom is -0.335 e. The maximum Gasteiger partial charge on any atom is 0.0255 e. The Morgan fingerprint density at radius 1 is 0.923 bits per heavy atom. The monoisotopic (exact) mass is 196 g/mol. The maximum atomic E-state index is 3.67. The summed E-state index contributed by atoms with van der Waals surface area (Å²) in [6.07, 6.45) is 0. The van der Waals surface area contributed by atoms with Gasteiger partial charge in [-0.25, -0.2) is 0 Å². The van der Waals surface area contributed by atoms with Gasteiger partial charge in [0, 0.05) is 23.2 Å². The van der Waals surface area contributed by atoms with Crippen molar-refractivity contribution < 1.29 is 0 Å². The molecule has 68 valence electrons. The van der Waals surface area contributed by atoms with E-state index in [0.29, 0.717) is 23.2 Å². The van der Waals surface area contributed by atoms with Gasteiger partial charge in [0.15, 0.2) is 0 Å². The van der Waals surface area contributed by atoms with Crippen LogP contribution in [0.3, 0.4) is 0 Å². The predicted molar refractivity (Wildman–Crippen MR) is 41.3 cm³/mol. The van der Waals surface area contributed by atoms with E-state index in [9.17, 15) is 0 Å². The lowest BCUT2D eigenvalue weighted by Crippen LogP contribution is -1.90. The Morgan fingerprint density at radius 2 is 1.46 bits per heavy atom. The van der Waals surface area contributed by atoms with Gasteiger partial charge < -0.3 is 10.2 Å². The average molecular weight is 196 g/mol. The minimum absolute atomic E-state index is 0.609. The molecule has 0 saturated heterocycles. The summed E-state index contributed by atoms with van der Waals surface area (Å²) in [5, 5.41) is 28.1. The SMILES string of the molecule is C(SCc1nnn[n-]1)c1nnn[n-]1. The van der Waals surface area contributed by atoms with Gasteiger partial charge >= 0.3 is 0 Å². The molecule has 0 aliphatic rings. The van der Waals surface area contributed by atoms with E-state index in [2.05, 4.69) is 41.2 Å². The lowest BCUT2D eigenvalue weighted by Gasteiger charge is -1.99. The van der Waals surface area contributed by atoms with Crippen LogP contribution in [0, 0.1) is 0 Å². The molecule has 2 aromatic heterocycles. The van der Waals surface area contributed by atoms with Gasteiger partial charge in [0.05, 0.1) is 0 Å². The van der Waals surface area contributed by atoms with Crippen molar-refractivity contribution in [3.63, 3.8) is 0 Å². The predicted octanol–water partition coefficient (Wildman–Crippen LogP) is -1.60. The normalized spacial score (nSPS) is 10.5. The summed E-state index contributed by atoms with van der Waals surface area (Å²) >= 11 is 1.56. The van der Waals surface area contributed by atoms with Crippen molar-refractivity contribution in [2.45, 2.75) is 11.5 Å². The maximum absolute atomic E-state index is 3.67. The summed E-state index contributed by atoms with van der Waals surface area (Å²) in [7, 11) is 0. The molecule has 0 aliphatic heterocycles. The summed E-state index contributed by atoms with van der Waals surface area (Å²) in [5.41, 5.74) is 0. The Kier molecular flexibility index (Phi) is 2.45. The zero-order chi connectivity index (χ0) is 8.93. The Hall–Kier alpha value is -1.51. The van der Waals surface area contributed by atoms with E-state index in [0.717, 1.165) is 0 Å². The van der Waals surface area contributed by atoms with Crippen LogP contribution in [0.5, 0.6) is 0 Å². The zero-order valence-electron chi connectivity index (χ0n) is 6.40. The summed E-state index contributed by atoms with van der Waals surface area (Å²) < 4.78 is 0. The lowest BCUT2D eigenvalue weighted by molar-refractivity contribution is 0.871. The summed E-state index contributed by atoms with van der Waals surface area (Å²) in [4.78, 5) is 0. The topological polar surface area (TPSA) is 106 Å². The smallest absolute Gasteiger partial charge is 0.0255 e. The van der Waals surface area contributed by atoms with Crippen LogP contribution in [-0.2, 0) is 11.5 Å². The van der Waals surface area contributed by atoms with Crippen LogP contribution in [0.2, 0.25) is 0 Å². The number of rotatable bonds is 4. The zero-order valence-corrected chi connectivity index (χ0v) is 7.22. The molecule has 0 fully saturated rings. The number of nitrogens with zero attached hydrogens (tertiary/aromatic N) is 8. The molecule has 0 radical (unpaired) electrons. The van der Waals surface area contributed by atoms with Crippen LogP contribution in [0.15, 0.2) is 0 Å². The van der Waals surface area contributed by atoms with Gasteiger partial charge in [-0.05, 0) is 0 Å². The highest BCUT2D eigenvalue weighted by atomic mass is 32.2. The minimum atomic E-state index is 0.609. The van der Waals surface area contributed by atoms with Crippen molar-refractivity contribution >= 4 is 11.8 Å². The first kappa shape index (κ1) is 8.10. The molecule has 2 aromatic rings. The summed E-state index contributed by atoms with van der Waals surface area (Å²) in [6.45, 7) is 0. The first-order valence-electron chi connectivity index (χ1n) is 3.38. The molecule has 0 N–H and O–H groups in total. The fourth-order valence-electron chi connectivity index (χ4n) is 0.676. The Labute approximate surface area is 76.9 Å². The van der Waals surface area contributed by atoms with E-state index in [1.54, 1.807) is 11.8 Å². The van der Waals surface area contributed by atoms with Crippen molar-refractivity contribution in [2.24, 2.45) is 0 Å². The number of hydrogen-bond donors (Lipinski definition) is 0. The van der Waals surface area contributed by atoms with E-state index in [1.807, 2.05) is 0 Å². The standard InChI is InChI=1S/C4H4N8S/c1(3-5-9-10-6-3)13-2-4-7-11-12-8-4/h1-2H2/q-2. The van der Waals surface area contributed by atoms with Crippen molar-refractivity contribution in [2.75, 3.05) is 0 Å². The first-order valence-corrected chi connectivity index (χ1v) is 4.53. The molecule has 13 heavy (non-hydrogen) atoms. The second-order valence-electron chi connectivity index (χ2n) is 2.08. The van der Waals surface area contributed by atoms with Crippen molar-refractivity contribution in [3.05, 3.63) is 11.6 Å². The van der Waals surface area contributed by atoms with Crippen LogP contribution in [0.25, 0.3) is 0 Å². The number of hydrogen-bond acceptors (Lipinski definition) is 7. The fourth-order valence-corrected chi connectivity index (χ4v) is 1.37. The molecule has 0 aliphatic carbocycles. The van der Waals surface area contributed by atoms with Crippen LogP contribution in [0.4, 0.5) is 0 Å². The van der Waals surface area contributed by atoms with Crippen molar-refractivity contribution in [1.82, 2.24) is 41.2 Å². The van der Waals surface area contributed by atoms with E-state index in [1.165, 1.54) is 0 Å². The molecule has 2 heterocycles. The Balaban J connectivity index is 1.76. The van der Waals surface area contributed by atoms with Gasteiger partial charge in [-0.15, -0.1) is 0 Å². The molecular weight excluding hydrogens is 192 g/mol. The Bertz CT molecular complexity index is 293. The van der Waals surface area contributed by atoms with Crippen LogP contribution >= 0.6 is 11.8 Å². The molecule has 9 heteroatoms. The number of tetrazole rings is 2. The summed E-state index contributed by atoms with van der Waals surface area (Å²) in [6, 6.07) is 0. The molecule has 0 spiro atoms. The molecule has 0 atom stereocenters. The molecule has 0 unspecified atom stereocenters. The van der Waals surface area contributed by atoms with E-state index in [-0.39, 0.29) is 0 Å². The highest BCUT2D eigenvalue weighted by molar-refractivity contribution is 7.97. The molecule has 0 aromatic carbocycles. The van der Waals surface area contributed by atoms with Gasteiger partial charge in [-0.1, -0.05) is 0 Å². The first-order chi connectivity index (χ1) is 6.45. The second-order valence-corrected chi connectivity index (χ2v) is 3.07. The van der Waals surface area contributed by atoms with Gasteiger partial charge in [-0.2, -0.15) is 22.2 Å². The van der Waals surface area contributed by atoms with E-state index in [4.69, 9.17) is 0 Å². The number of thioether (sulfide) groups is 1. The van der Waals surface area contributed by atoms with Gasteiger partial charge in [0.25, 0.3) is 0 Å².